The van der Waals surface area contributed by atoms with E-state index in [2.05, 4.69) is 28.5 Å². The smallest absolute Gasteiger partial charge is 0.254 e. The first-order valence-electron chi connectivity index (χ1n) is 7.74. The minimum atomic E-state index is -0.369. The topological polar surface area (TPSA) is 53.6 Å². The van der Waals surface area contributed by atoms with Gasteiger partial charge in [-0.1, -0.05) is 19.1 Å². The minimum absolute atomic E-state index is 0.0351. The Kier molecular flexibility index (Phi) is 4.53. The van der Waals surface area contributed by atoms with E-state index in [0.717, 1.165) is 38.3 Å². The number of amides is 1. The molecule has 1 unspecified atom stereocenters. The van der Waals surface area contributed by atoms with Crippen LogP contribution in [0.5, 0.6) is 0 Å². The zero-order valence-electron chi connectivity index (χ0n) is 12.5. The first kappa shape index (κ1) is 14.5. The highest BCUT2D eigenvalue weighted by Gasteiger charge is 2.26. The third-order valence-electron chi connectivity index (χ3n) is 4.29. The summed E-state index contributed by atoms with van der Waals surface area (Å²) < 4.78 is 5.62. The van der Waals surface area contributed by atoms with E-state index in [0.29, 0.717) is 13.2 Å². The number of fused-ring (bicyclic) bond motifs is 1. The predicted octanol–water partition coefficient (Wildman–Crippen LogP) is 0.991. The maximum Gasteiger partial charge on any atom is 0.254 e. The van der Waals surface area contributed by atoms with E-state index < -0.39 is 0 Å². The molecular weight excluding hydrogens is 266 g/mol. The summed E-state index contributed by atoms with van der Waals surface area (Å²) in [6.45, 7) is 7.10. The van der Waals surface area contributed by atoms with Gasteiger partial charge in [0.1, 0.15) is 6.10 Å². The van der Waals surface area contributed by atoms with Gasteiger partial charge in [0.05, 0.1) is 6.61 Å². The Bertz CT molecular complexity index is 518. The van der Waals surface area contributed by atoms with Crippen LogP contribution in [0, 0.1) is 0 Å². The van der Waals surface area contributed by atoms with Crippen LogP contribution in [0.15, 0.2) is 18.2 Å². The number of nitrogens with one attached hydrogen (secondary N) is 2. The van der Waals surface area contributed by atoms with Crippen molar-refractivity contribution in [2.24, 2.45) is 0 Å². The number of anilines is 1. The number of rotatable bonds is 3. The van der Waals surface area contributed by atoms with E-state index in [-0.39, 0.29) is 12.0 Å². The Hall–Kier alpha value is -1.43. The summed E-state index contributed by atoms with van der Waals surface area (Å²) in [5, 5.41) is 6.41. The Labute approximate surface area is 125 Å². The number of nitrogens with zero attached hydrogens (tertiary/aromatic N) is 1. The van der Waals surface area contributed by atoms with Crippen LogP contribution in [-0.4, -0.2) is 49.7 Å². The van der Waals surface area contributed by atoms with Crippen molar-refractivity contribution >= 4 is 11.6 Å². The summed E-state index contributed by atoms with van der Waals surface area (Å²) in [7, 11) is 0. The van der Waals surface area contributed by atoms with Gasteiger partial charge in [-0.05, 0) is 36.7 Å². The van der Waals surface area contributed by atoms with Gasteiger partial charge in [0.25, 0.3) is 5.91 Å². The molecular formula is C16H23N3O2. The molecule has 21 heavy (non-hydrogen) atoms. The molecule has 2 aliphatic rings. The van der Waals surface area contributed by atoms with Crippen LogP contribution in [0.1, 0.15) is 18.1 Å². The number of likely N-dealkylation sites (N-methyl/N-ethyl adjacent to an activating group) is 1. The van der Waals surface area contributed by atoms with E-state index in [1.54, 1.807) is 0 Å². The first-order chi connectivity index (χ1) is 10.3. The van der Waals surface area contributed by atoms with Gasteiger partial charge in [-0.15, -0.1) is 0 Å². The van der Waals surface area contributed by atoms with E-state index in [4.69, 9.17) is 4.74 Å². The van der Waals surface area contributed by atoms with Crippen LogP contribution in [0.3, 0.4) is 0 Å². The van der Waals surface area contributed by atoms with E-state index >= 15 is 0 Å². The second-order valence-corrected chi connectivity index (χ2v) is 5.61. The monoisotopic (exact) mass is 289 g/mol. The number of ether oxygens (including phenoxy) is 1. The lowest BCUT2D eigenvalue weighted by atomic mass is 9.99. The molecule has 1 amide bonds. The zero-order chi connectivity index (χ0) is 14.7. The van der Waals surface area contributed by atoms with Gasteiger partial charge < -0.3 is 15.4 Å². The highest BCUT2D eigenvalue weighted by molar-refractivity contribution is 5.95. The van der Waals surface area contributed by atoms with Crippen molar-refractivity contribution in [1.29, 1.82) is 0 Å². The van der Waals surface area contributed by atoms with Gasteiger partial charge in [0, 0.05) is 25.3 Å². The summed E-state index contributed by atoms with van der Waals surface area (Å²) in [5.74, 6) is -0.0351. The standard InChI is InChI=1S/C16H23N3O2/c1-2-19-8-9-21-15(11-19)16(20)18-14-5-3-4-12-6-7-17-10-13(12)14/h3-5,15,17H,2,6-11H2,1H3,(H,18,20). The third-order valence-corrected chi connectivity index (χ3v) is 4.29. The van der Waals surface area contributed by atoms with Gasteiger partial charge in [-0.25, -0.2) is 0 Å². The maximum absolute atomic E-state index is 12.4. The van der Waals surface area contributed by atoms with Gasteiger partial charge in [0.2, 0.25) is 0 Å². The van der Waals surface area contributed by atoms with Crippen LogP contribution in [0.25, 0.3) is 0 Å². The molecule has 0 bridgehead atoms. The summed E-state index contributed by atoms with van der Waals surface area (Å²) in [4.78, 5) is 14.7. The van der Waals surface area contributed by atoms with Gasteiger partial charge >= 0.3 is 0 Å². The third kappa shape index (κ3) is 3.26. The van der Waals surface area contributed by atoms with E-state index in [1.807, 2.05) is 12.1 Å². The van der Waals surface area contributed by atoms with E-state index in [1.165, 1.54) is 11.1 Å². The molecule has 5 nitrogen and oxygen atoms in total. The summed E-state index contributed by atoms with van der Waals surface area (Å²) >= 11 is 0. The number of carbonyl (C=O) groups excluding carboxylic acids is 1. The van der Waals surface area contributed by atoms with Crippen molar-refractivity contribution in [2.45, 2.75) is 26.0 Å². The summed E-state index contributed by atoms with van der Waals surface area (Å²) in [6.07, 6.45) is 0.647. The Balaban J connectivity index is 1.70. The summed E-state index contributed by atoms with van der Waals surface area (Å²) in [5.41, 5.74) is 3.45. The minimum Gasteiger partial charge on any atom is -0.366 e. The fourth-order valence-corrected chi connectivity index (χ4v) is 2.99. The van der Waals surface area contributed by atoms with Crippen LogP contribution in [-0.2, 0) is 22.5 Å². The molecule has 3 rings (SSSR count). The molecule has 1 aromatic rings. The number of carbonyl (C=O) groups is 1. The Morgan fingerprint density at radius 1 is 1.52 bits per heavy atom. The molecule has 1 aromatic carbocycles. The van der Waals surface area contributed by atoms with Crippen LogP contribution >= 0.6 is 0 Å². The number of benzene rings is 1. The van der Waals surface area contributed by atoms with Gasteiger partial charge in [-0.3, -0.25) is 9.69 Å². The first-order valence-corrected chi connectivity index (χ1v) is 7.74. The SMILES string of the molecule is CCN1CCOC(C(=O)Nc2cccc3c2CNCC3)C1. The molecule has 0 saturated carbocycles. The lowest BCUT2D eigenvalue weighted by Gasteiger charge is -2.31. The number of morpholine rings is 1. The molecule has 2 aliphatic heterocycles. The summed E-state index contributed by atoms with van der Waals surface area (Å²) in [6, 6.07) is 6.13. The molecule has 0 aliphatic carbocycles. The quantitative estimate of drug-likeness (QED) is 0.871. The van der Waals surface area contributed by atoms with E-state index in [9.17, 15) is 4.79 Å². The fourth-order valence-electron chi connectivity index (χ4n) is 2.99. The number of hydrogen-bond donors (Lipinski definition) is 2. The van der Waals surface area contributed by atoms with Crippen molar-refractivity contribution in [3.63, 3.8) is 0 Å². The average molecular weight is 289 g/mol. The van der Waals surface area contributed by atoms with Crippen molar-refractivity contribution < 1.29 is 9.53 Å². The second-order valence-electron chi connectivity index (χ2n) is 5.61. The van der Waals surface area contributed by atoms with Crippen molar-refractivity contribution in [2.75, 3.05) is 38.1 Å². The fraction of sp³-hybridized carbons (Fsp3) is 0.562. The van der Waals surface area contributed by atoms with Crippen LogP contribution in [0.2, 0.25) is 0 Å². The second kappa shape index (κ2) is 6.56. The molecule has 114 valence electrons. The zero-order valence-corrected chi connectivity index (χ0v) is 12.5. The molecule has 0 spiro atoms. The normalized spacial score (nSPS) is 22.6. The van der Waals surface area contributed by atoms with Gasteiger partial charge in [-0.2, -0.15) is 0 Å². The van der Waals surface area contributed by atoms with Gasteiger partial charge in [0.15, 0.2) is 0 Å². The predicted molar refractivity (Wildman–Crippen MR) is 82.3 cm³/mol. The van der Waals surface area contributed by atoms with Crippen molar-refractivity contribution in [3.8, 4) is 0 Å². The molecule has 1 saturated heterocycles. The Morgan fingerprint density at radius 2 is 2.43 bits per heavy atom. The molecule has 1 fully saturated rings. The van der Waals surface area contributed by atoms with Crippen molar-refractivity contribution in [3.05, 3.63) is 29.3 Å². The van der Waals surface area contributed by atoms with Crippen LogP contribution in [0.4, 0.5) is 5.69 Å². The highest BCUT2D eigenvalue weighted by Crippen LogP contribution is 2.23. The molecule has 0 aromatic heterocycles. The lowest BCUT2D eigenvalue weighted by Crippen LogP contribution is -2.47. The van der Waals surface area contributed by atoms with Crippen molar-refractivity contribution in [1.82, 2.24) is 10.2 Å². The molecule has 0 radical (unpaired) electrons. The number of hydrogen-bond acceptors (Lipinski definition) is 4. The Morgan fingerprint density at radius 3 is 3.29 bits per heavy atom. The molecule has 5 heteroatoms. The molecule has 1 atom stereocenters. The highest BCUT2D eigenvalue weighted by atomic mass is 16.5. The lowest BCUT2D eigenvalue weighted by molar-refractivity contribution is -0.132. The average Bonchev–Trinajstić information content (AvgIpc) is 2.55. The largest absolute Gasteiger partial charge is 0.366 e. The van der Waals surface area contributed by atoms with Crippen LogP contribution < -0.4 is 10.6 Å². The molecule has 2 heterocycles. The molecule has 2 N–H and O–H groups in total. The maximum atomic E-state index is 12.4.